The fourth-order valence-electron chi connectivity index (χ4n) is 2.08. The molecule has 0 heterocycles. The molecule has 0 aromatic rings. The molecular formula is C9H24N2Si. The van der Waals surface area contributed by atoms with Gasteiger partial charge in [-0.2, -0.15) is 0 Å². The molecule has 0 fully saturated rings. The van der Waals surface area contributed by atoms with Gasteiger partial charge in [0.1, 0.15) is 0 Å². The first-order valence-electron chi connectivity index (χ1n) is 4.83. The van der Waals surface area contributed by atoms with Gasteiger partial charge in [-0.05, 0) is 33.7 Å². The second-order valence-electron chi connectivity index (χ2n) is 4.11. The van der Waals surface area contributed by atoms with Crippen LogP contribution in [0, 0.1) is 0 Å². The Balaban J connectivity index is 4.09. The number of rotatable bonds is 5. The third-order valence-corrected chi connectivity index (χ3v) is 5.78. The zero-order valence-corrected chi connectivity index (χ0v) is 10.6. The quantitative estimate of drug-likeness (QED) is 0.604. The van der Waals surface area contributed by atoms with Gasteiger partial charge in [-0.3, -0.25) is 0 Å². The van der Waals surface area contributed by atoms with Crippen LogP contribution in [0.1, 0.15) is 26.7 Å². The Morgan fingerprint density at radius 1 is 1.08 bits per heavy atom. The SMILES string of the molecule is CCCC(C)[SiH](N(C)C)N(C)C. The predicted octanol–water partition coefficient (Wildman–Crippen LogP) is 1.52. The van der Waals surface area contributed by atoms with Crippen LogP contribution in [-0.2, 0) is 0 Å². The van der Waals surface area contributed by atoms with Crippen molar-refractivity contribution in [2.75, 3.05) is 28.2 Å². The van der Waals surface area contributed by atoms with Crippen LogP contribution in [0.2, 0.25) is 5.54 Å². The van der Waals surface area contributed by atoms with Crippen molar-refractivity contribution in [1.82, 2.24) is 9.13 Å². The lowest BCUT2D eigenvalue weighted by molar-refractivity contribution is 0.487. The van der Waals surface area contributed by atoms with Crippen LogP contribution in [0.15, 0.2) is 0 Å². The molecule has 0 aromatic carbocycles. The zero-order chi connectivity index (χ0) is 9.72. The molecule has 0 aliphatic heterocycles. The van der Waals surface area contributed by atoms with E-state index in [2.05, 4.69) is 51.2 Å². The third-order valence-electron chi connectivity index (χ3n) is 2.31. The summed E-state index contributed by atoms with van der Waals surface area (Å²) in [5.41, 5.74) is 0.889. The van der Waals surface area contributed by atoms with E-state index in [4.69, 9.17) is 0 Å². The molecule has 0 amide bonds. The van der Waals surface area contributed by atoms with Crippen molar-refractivity contribution in [3.63, 3.8) is 0 Å². The minimum atomic E-state index is -0.826. The summed E-state index contributed by atoms with van der Waals surface area (Å²) in [7, 11) is 8.02. The molecule has 0 radical (unpaired) electrons. The van der Waals surface area contributed by atoms with E-state index in [0.717, 1.165) is 5.54 Å². The molecule has 3 heteroatoms. The van der Waals surface area contributed by atoms with Gasteiger partial charge < -0.3 is 9.13 Å². The standard InChI is InChI=1S/C9H24N2Si/c1-7-8-9(2)12(10(3)4)11(5)6/h9,12H,7-8H2,1-6H3. The van der Waals surface area contributed by atoms with Crippen LogP contribution >= 0.6 is 0 Å². The first-order valence-corrected chi connectivity index (χ1v) is 6.53. The summed E-state index contributed by atoms with van der Waals surface area (Å²) < 4.78 is 4.86. The third kappa shape index (κ3) is 3.69. The largest absolute Gasteiger partial charge is 0.319 e. The highest BCUT2D eigenvalue weighted by Gasteiger charge is 2.23. The van der Waals surface area contributed by atoms with Gasteiger partial charge >= 0.3 is 0 Å². The minimum absolute atomic E-state index is 0.826. The van der Waals surface area contributed by atoms with E-state index in [-0.39, 0.29) is 0 Å². The molecule has 1 atom stereocenters. The molecule has 0 aliphatic carbocycles. The van der Waals surface area contributed by atoms with Crippen molar-refractivity contribution < 1.29 is 0 Å². The second-order valence-corrected chi connectivity index (χ2v) is 8.14. The highest BCUT2D eigenvalue weighted by Crippen LogP contribution is 2.18. The fraction of sp³-hybridized carbons (Fsp3) is 1.00. The summed E-state index contributed by atoms with van der Waals surface area (Å²) >= 11 is 0. The Labute approximate surface area is 79.3 Å². The molecule has 74 valence electrons. The van der Waals surface area contributed by atoms with Gasteiger partial charge in [-0.25, -0.2) is 0 Å². The Morgan fingerprint density at radius 3 is 1.75 bits per heavy atom. The minimum Gasteiger partial charge on any atom is -0.319 e. The maximum Gasteiger partial charge on any atom is 0.192 e. The molecule has 0 rings (SSSR count). The predicted molar refractivity (Wildman–Crippen MR) is 58.9 cm³/mol. The summed E-state index contributed by atoms with van der Waals surface area (Å²) in [6.07, 6.45) is 2.68. The lowest BCUT2D eigenvalue weighted by Crippen LogP contribution is -2.48. The maximum atomic E-state index is 2.43. The molecule has 1 unspecified atom stereocenters. The lowest BCUT2D eigenvalue weighted by atomic mass is 10.3. The molecule has 12 heavy (non-hydrogen) atoms. The summed E-state index contributed by atoms with van der Waals surface area (Å²) in [6.45, 7) is 4.66. The van der Waals surface area contributed by atoms with E-state index in [1.54, 1.807) is 0 Å². The molecule has 0 aliphatic rings. The number of hydrogen-bond donors (Lipinski definition) is 0. The molecular weight excluding hydrogens is 164 g/mol. The van der Waals surface area contributed by atoms with Crippen LogP contribution in [0.4, 0.5) is 0 Å². The average molecular weight is 188 g/mol. The van der Waals surface area contributed by atoms with Crippen molar-refractivity contribution in [3.05, 3.63) is 0 Å². The maximum absolute atomic E-state index is 2.43. The second kappa shape index (κ2) is 5.73. The van der Waals surface area contributed by atoms with Crippen molar-refractivity contribution in [2.45, 2.75) is 32.2 Å². The smallest absolute Gasteiger partial charge is 0.192 e. The normalized spacial score (nSPS) is 14.8. The van der Waals surface area contributed by atoms with Gasteiger partial charge in [-0.15, -0.1) is 0 Å². The summed E-state index contributed by atoms with van der Waals surface area (Å²) in [4.78, 5) is 0. The van der Waals surface area contributed by atoms with Crippen LogP contribution in [0.25, 0.3) is 0 Å². The summed E-state index contributed by atoms with van der Waals surface area (Å²) in [6, 6.07) is 0. The van der Waals surface area contributed by atoms with Gasteiger partial charge in [0.25, 0.3) is 0 Å². The average Bonchev–Trinajstić information content (AvgIpc) is 1.85. The van der Waals surface area contributed by atoms with E-state index in [1.807, 2.05) is 0 Å². The molecule has 0 spiro atoms. The molecule has 0 N–H and O–H groups in total. The molecule has 0 aromatic heterocycles. The van der Waals surface area contributed by atoms with Gasteiger partial charge in [0.2, 0.25) is 0 Å². The van der Waals surface area contributed by atoms with E-state index < -0.39 is 9.12 Å². The topological polar surface area (TPSA) is 6.48 Å². The monoisotopic (exact) mass is 188 g/mol. The highest BCUT2D eigenvalue weighted by molar-refractivity contribution is 6.54. The van der Waals surface area contributed by atoms with Crippen molar-refractivity contribution >= 4 is 9.12 Å². The van der Waals surface area contributed by atoms with Gasteiger partial charge in [0, 0.05) is 0 Å². The Kier molecular flexibility index (Phi) is 5.79. The highest BCUT2D eigenvalue weighted by atomic mass is 28.3. The lowest BCUT2D eigenvalue weighted by Gasteiger charge is -2.33. The first-order chi connectivity index (χ1) is 5.50. The van der Waals surface area contributed by atoms with Crippen molar-refractivity contribution in [3.8, 4) is 0 Å². The molecule has 0 saturated carbocycles. The fourth-order valence-corrected chi connectivity index (χ4v) is 5.68. The summed E-state index contributed by atoms with van der Waals surface area (Å²) in [5, 5.41) is 0. The van der Waals surface area contributed by atoms with E-state index in [9.17, 15) is 0 Å². The van der Waals surface area contributed by atoms with E-state index in [1.165, 1.54) is 12.8 Å². The van der Waals surface area contributed by atoms with Gasteiger partial charge in [0.15, 0.2) is 9.12 Å². The van der Waals surface area contributed by atoms with Crippen LogP contribution in [0.3, 0.4) is 0 Å². The first kappa shape index (κ1) is 12.1. The van der Waals surface area contributed by atoms with Crippen LogP contribution < -0.4 is 0 Å². The van der Waals surface area contributed by atoms with Gasteiger partial charge in [0.05, 0.1) is 0 Å². The van der Waals surface area contributed by atoms with Crippen LogP contribution in [0.5, 0.6) is 0 Å². The Hall–Kier alpha value is 0.137. The number of nitrogens with zero attached hydrogens (tertiary/aromatic N) is 2. The van der Waals surface area contributed by atoms with Crippen molar-refractivity contribution in [1.29, 1.82) is 0 Å². The van der Waals surface area contributed by atoms with E-state index in [0.29, 0.717) is 0 Å². The molecule has 2 nitrogen and oxygen atoms in total. The van der Waals surface area contributed by atoms with Crippen molar-refractivity contribution in [2.24, 2.45) is 0 Å². The van der Waals surface area contributed by atoms with Gasteiger partial charge in [-0.1, -0.05) is 26.7 Å². The van der Waals surface area contributed by atoms with Crippen LogP contribution in [-0.4, -0.2) is 46.4 Å². The molecule has 0 saturated heterocycles. The number of hydrogen-bond acceptors (Lipinski definition) is 2. The Morgan fingerprint density at radius 2 is 1.50 bits per heavy atom. The zero-order valence-electron chi connectivity index (χ0n) is 9.46. The van der Waals surface area contributed by atoms with E-state index >= 15 is 0 Å². The summed E-state index contributed by atoms with van der Waals surface area (Å²) in [5.74, 6) is 0. The molecule has 0 bridgehead atoms. The Bertz CT molecular complexity index is 107.